The second-order valence-corrected chi connectivity index (χ2v) is 7.37. The summed E-state index contributed by atoms with van der Waals surface area (Å²) in [6.45, 7) is 5.09. The van der Waals surface area contributed by atoms with Gasteiger partial charge in [0.15, 0.2) is 0 Å². The molecular formula is C14H25N3O3S. The zero-order valence-corrected chi connectivity index (χ0v) is 14.0. The molecule has 0 aliphatic heterocycles. The molecule has 0 aromatic carbocycles. The number of hydrogen-bond acceptors (Lipinski definition) is 5. The maximum absolute atomic E-state index is 12.5. The van der Waals surface area contributed by atoms with Crippen LogP contribution in [0.5, 0.6) is 0 Å². The van der Waals surface area contributed by atoms with Crippen molar-refractivity contribution in [3.63, 3.8) is 0 Å². The minimum Gasteiger partial charge on any atom is -0.465 e. The van der Waals surface area contributed by atoms with E-state index in [1.165, 1.54) is 12.8 Å². The van der Waals surface area contributed by atoms with Crippen LogP contribution in [0.2, 0.25) is 0 Å². The van der Waals surface area contributed by atoms with Gasteiger partial charge in [0.25, 0.3) is 0 Å². The van der Waals surface area contributed by atoms with Gasteiger partial charge in [-0.2, -0.15) is 0 Å². The third kappa shape index (κ3) is 3.85. The Balaban J connectivity index is 2.07. The van der Waals surface area contributed by atoms with E-state index in [2.05, 4.69) is 14.9 Å². The summed E-state index contributed by atoms with van der Waals surface area (Å²) in [5, 5.41) is 2.99. The predicted octanol–water partition coefficient (Wildman–Crippen LogP) is 0.988. The van der Waals surface area contributed by atoms with Crippen LogP contribution in [0.25, 0.3) is 0 Å². The van der Waals surface area contributed by atoms with Crippen molar-refractivity contribution >= 4 is 10.0 Å². The van der Waals surface area contributed by atoms with Crippen LogP contribution in [0.4, 0.5) is 0 Å². The Kier molecular flexibility index (Phi) is 5.08. The standard InChI is InChI=1S/C14H25N3O3S/c1-10-13(9-15-3)14(11(2)20-10)21(18,19)16-7-8-17(4)12-5-6-12/h12,15-16H,5-9H2,1-4H3. The average Bonchev–Trinajstić information content (AvgIpc) is 3.17. The SMILES string of the molecule is CNCc1c(C)oc(C)c1S(=O)(=O)NCCN(C)C1CC1. The summed E-state index contributed by atoms with van der Waals surface area (Å²) >= 11 is 0. The number of nitrogens with zero attached hydrogens (tertiary/aromatic N) is 1. The minimum absolute atomic E-state index is 0.281. The van der Waals surface area contributed by atoms with Gasteiger partial charge in [0.1, 0.15) is 16.4 Å². The highest BCUT2D eigenvalue weighted by atomic mass is 32.2. The number of hydrogen-bond donors (Lipinski definition) is 2. The first-order chi connectivity index (χ1) is 9.86. The lowest BCUT2D eigenvalue weighted by atomic mass is 10.2. The summed E-state index contributed by atoms with van der Waals surface area (Å²) in [4.78, 5) is 2.48. The summed E-state index contributed by atoms with van der Waals surface area (Å²) < 4.78 is 33.2. The molecule has 1 aromatic rings. The van der Waals surface area contributed by atoms with E-state index in [0.717, 1.165) is 6.54 Å². The predicted molar refractivity (Wildman–Crippen MR) is 81.8 cm³/mol. The molecular weight excluding hydrogens is 290 g/mol. The van der Waals surface area contributed by atoms with Crippen molar-refractivity contribution in [2.75, 3.05) is 27.2 Å². The molecule has 0 spiro atoms. The van der Waals surface area contributed by atoms with E-state index in [9.17, 15) is 8.42 Å². The number of sulfonamides is 1. The summed E-state index contributed by atoms with van der Waals surface area (Å²) in [6, 6.07) is 0.632. The molecule has 21 heavy (non-hydrogen) atoms. The van der Waals surface area contributed by atoms with E-state index in [-0.39, 0.29) is 4.90 Å². The normalized spacial score (nSPS) is 15.9. The molecule has 2 rings (SSSR count). The first-order valence-corrected chi connectivity index (χ1v) is 8.78. The highest BCUT2D eigenvalue weighted by Gasteiger charge is 2.28. The number of likely N-dealkylation sites (N-methyl/N-ethyl adjacent to an activating group) is 1. The molecule has 0 radical (unpaired) electrons. The van der Waals surface area contributed by atoms with Gasteiger partial charge in [-0.25, -0.2) is 13.1 Å². The van der Waals surface area contributed by atoms with Gasteiger partial charge in [0.05, 0.1) is 0 Å². The van der Waals surface area contributed by atoms with E-state index in [4.69, 9.17) is 4.42 Å². The molecule has 1 heterocycles. The van der Waals surface area contributed by atoms with Gasteiger partial charge in [-0.1, -0.05) is 0 Å². The van der Waals surface area contributed by atoms with Crippen molar-refractivity contribution in [1.29, 1.82) is 0 Å². The number of rotatable bonds is 8. The minimum atomic E-state index is -3.53. The Bertz CT molecular complexity index is 591. The molecule has 0 saturated heterocycles. The molecule has 0 unspecified atom stereocenters. The van der Waals surface area contributed by atoms with E-state index < -0.39 is 10.0 Å². The van der Waals surface area contributed by atoms with Crippen LogP contribution in [0.3, 0.4) is 0 Å². The molecule has 120 valence electrons. The Labute approximate surface area is 126 Å². The molecule has 1 fully saturated rings. The van der Waals surface area contributed by atoms with Gasteiger partial charge < -0.3 is 14.6 Å². The summed E-state index contributed by atoms with van der Waals surface area (Å²) in [5.74, 6) is 1.10. The lowest BCUT2D eigenvalue weighted by Gasteiger charge is -2.16. The van der Waals surface area contributed by atoms with Crippen molar-refractivity contribution in [3.05, 3.63) is 17.1 Å². The molecule has 7 heteroatoms. The molecule has 1 aliphatic carbocycles. The highest BCUT2D eigenvalue weighted by Crippen LogP contribution is 2.27. The summed E-state index contributed by atoms with van der Waals surface area (Å²) in [7, 11) is 0.287. The smallest absolute Gasteiger partial charge is 0.244 e. The maximum Gasteiger partial charge on any atom is 0.244 e. The van der Waals surface area contributed by atoms with Crippen LogP contribution < -0.4 is 10.0 Å². The fraction of sp³-hybridized carbons (Fsp3) is 0.714. The van der Waals surface area contributed by atoms with Crippen LogP contribution in [-0.4, -0.2) is 46.5 Å². The molecule has 1 aromatic heterocycles. The second-order valence-electron chi connectivity index (χ2n) is 5.66. The Morgan fingerprint density at radius 2 is 1.95 bits per heavy atom. The average molecular weight is 315 g/mol. The first-order valence-electron chi connectivity index (χ1n) is 7.30. The van der Waals surface area contributed by atoms with Crippen LogP contribution >= 0.6 is 0 Å². The first kappa shape index (κ1) is 16.5. The third-order valence-electron chi connectivity index (χ3n) is 3.87. The van der Waals surface area contributed by atoms with E-state index in [1.54, 1.807) is 20.9 Å². The summed E-state index contributed by atoms with van der Waals surface area (Å²) in [5.41, 5.74) is 0.707. The van der Waals surface area contributed by atoms with Crippen molar-refractivity contribution in [3.8, 4) is 0 Å². The van der Waals surface area contributed by atoms with Crippen molar-refractivity contribution in [1.82, 2.24) is 14.9 Å². The Hall–Kier alpha value is -0.890. The Morgan fingerprint density at radius 1 is 1.29 bits per heavy atom. The van der Waals surface area contributed by atoms with Crippen molar-refractivity contribution < 1.29 is 12.8 Å². The molecule has 0 atom stereocenters. The van der Waals surface area contributed by atoms with Gasteiger partial charge in [-0.15, -0.1) is 0 Å². The van der Waals surface area contributed by atoms with Crippen LogP contribution in [0, 0.1) is 13.8 Å². The highest BCUT2D eigenvalue weighted by molar-refractivity contribution is 7.89. The van der Waals surface area contributed by atoms with Gasteiger partial charge in [-0.3, -0.25) is 0 Å². The van der Waals surface area contributed by atoms with E-state index in [0.29, 0.717) is 36.2 Å². The van der Waals surface area contributed by atoms with Gasteiger partial charge in [-0.05, 0) is 40.8 Å². The van der Waals surface area contributed by atoms with Crippen molar-refractivity contribution in [2.45, 2.75) is 44.2 Å². The van der Waals surface area contributed by atoms with Gasteiger partial charge >= 0.3 is 0 Å². The van der Waals surface area contributed by atoms with Crippen LogP contribution in [-0.2, 0) is 16.6 Å². The monoisotopic (exact) mass is 315 g/mol. The molecule has 0 amide bonds. The Morgan fingerprint density at radius 3 is 2.52 bits per heavy atom. The molecule has 2 N–H and O–H groups in total. The largest absolute Gasteiger partial charge is 0.465 e. The van der Waals surface area contributed by atoms with Gasteiger partial charge in [0, 0.05) is 31.2 Å². The van der Waals surface area contributed by atoms with Gasteiger partial charge in [0.2, 0.25) is 10.0 Å². The van der Waals surface area contributed by atoms with E-state index in [1.807, 2.05) is 7.05 Å². The summed E-state index contributed by atoms with van der Waals surface area (Å²) in [6.07, 6.45) is 2.44. The lowest BCUT2D eigenvalue weighted by molar-refractivity contribution is 0.329. The zero-order chi connectivity index (χ0) is 15.6. The third-order valence-corrected chi connectivity index (χ3v) is 5.53. The van der Waals surface area contributed by atoms with Crippen LogP contribution in [0.1, 0.15) is 29.9 Å². The number of aryl methyl sites for hydroxylation is 2. The lowest BCUT2D eigenvalue weighted by Crippen LogP contribution is -2.34. The molecule has 1 aliphatic rings. The molecule has 1 saturated carbocycles. The number of furan rings is 1. The topological polar surface area (TPSA) is 74.6 Å². The fourth-order valence-corrected chi connectivity index (χ4v) is 4.03. The second kappa shape index (κ2) is 6.48. The number of nitrogens with one attached hydrogen (secondary N) is 2. The van der Waals surface area contributed by atoms with Crippen molar-refractivity contribution in [2.24, 2.45) is 0 Å². The van der Waals surface area contributed by atoms with Crippen LogP contribution in [0.15, 0.2) is 9.31 Å². The quantitative estimate of drug-likeness (QED) is 0.748. The van der Waals surface area contributed by atoms with E-state index >= 15 is 0 Å². The maximum atomic E-state index is 12.5. The zero-order valence-electron chi connectivity index (χ0n) is 13.2. The fourth-order valence-electron chi connectivity index (χ4n) is 2.57. The molecule has 0 bridgehead atoms. The molecule has 6 nitrogen and oxygen atoms in total.